The maximum absolute atomic E-state index is 5.66. The first-order chi connectivity index (χ1) is 7.00. The largest absolute Gasteiger partial charge is 0.496 e. The molecule has 0 aromatic carbocycles. The molecule has 1 unspecified atom stereocenters. The third kappa shape index (κ3) is 2.71. The molecule has 0 saturated carbocycles. The van der Waals surface area contributed by atoms with E-state index < -0.39 is 0 Å². The zero-order valence-electron chi connectivity index (χ0n) is 10.2. The van der Waals surface area contributed by atoms with E-state index in [1.54, 1.807) is 0 Å². The van der Waals surface area contributed by atoms with Crippen molar-refractivity contribution in [1.82, 2.24) is 10.3 Å². The molecule has 3 N–H and O–H groups in total. The summed E-state index contributed by atoms with van der Waals surface area (Å²) in [5, 5.41) is 0. The van der Waals surface area contributed by atoms with Gasteiger partial charge in [-0.05, 0) is 46.9 Å². The molecule has 0 amide bonds. The Hall–Kier alpha value is -0.580. The third-order valence-corrected chi connectivity index (χ3v) is 3.27. The number of hydrogen-bond donors (Lipinski definition) is 2. The Labute approximate surface area is 92.4 Å². The second-order valence-corrected chi connectivity index (χ2v) is 4.74. The molecule has 1 atom stereocenters. The summed E-state index contributed by atoms with van der Waals surface area (Å²) in [5.74, 6) is 6.60. The molecule has 0 aromatic rings. The van der Waals surface area contributed by atoms with Crippen LogP contribution in [0.5, 0.6) is 0 Å². The third-order valence-electron chi connectivity index (χ3n) is 3.27. The number of nitrogens with one attached hydrogen (secondary N) is 1. The Morgan fingerprint density at radius 2 is 2.20 bits per heavy atom. The topological polar surface area (TPSA) is 50.5 Å². The molecule has 88 valence electrons. The summed E-state index contributed by atoms with van der Waals surface area (Å²) in [5.41, 5.74) is 2.79. The first-order valence-electron chi connectivity index (χ1n) is 5.46. The van der Waals surface area contributed by atoms with E-state index in [1.165, 1.54) is 0 Å². The molecule has 0 saturated heterocycles. The van der Waals surface area contributed by atoms with Gasteiger partial charge in [0.05, 0.1) is 12.6 Å². The summed E-state index contributed by atoms with van der Waals surface area (Å²) in [6, 6.07) is 0.0350. The van der Waals surface area contributed by atoms with Gasteiger partial charge in [0.1, 0.15) is 5.76 Å². The number of hydrazine groups is 1. The van der Waals surface area contributed by atoms with Gasteiger partial charge < -0.3 is 9.64 Å². The second-order valence-electron chi connectivity index (χ2n) is 4.74. The van der Waals surface area contributed by atoms with Crippen molar-refractivity contribution in [3.63, 3.8) is 0 Å². The van der Waals surface area contributed by atoms with Crippen molar-refractivity contribution in [2.45, 2.75) is 38.3 Å². The standard InChI is InChI=1S/C11H23N3O/c1-11(2,14(3)4)10(13-12)9-7-5-6-8-15-9/h7,10,13H,5-6,8,12H2,1-4H3. The van der Waals surface area contributed by atoms with Crippen molar-refractivity contribution in [2.75, 3.05) is 20.7 Å². The minimum absolute atomic E-state index is 0.0350. The van der Waals surface area contributed by atoms with Gasteiger partial charge in [0.25, 0.3) is 0 Å². The van der Waals surface area contributed by atoms with Crippen molar-refractivity contribution in [1.29, 1.82) is 0 Å². The van der Waals surface area contributed by atoms with Gasteiger partial charge in [0, 0.05) is 5.54 Å². The van der Waals surface area contributed by atoms with Crippen LogP contribution in [0.1, 0.15) is 26.7 Å². The lowest BCUT2D eigenvalue weighted by Crippen LogP contribution is -2.58. The highest BCUT2D eigenvalue weighted by Crippen LogP contribution is 2.24. The minimum Gasteiger partial charge on any atom is -0.496 e. The molecule has 0 aliphatic carbocycles. The minimum atomic E-state index is -0.0715. The number of hydrogen-bond acceptors (Lipinski definition) is 4. The second kappa shape index (κ2) is 4.96. The van der Waals surface area contributed by atoms with E-state index in [4.69, 9.17) is 10.6 Å². The molecule has 0 fully saturated rings. The molecule has 0 spiro atoms. The molecule has 0 aromatic heterocycles. The number of rotatable bonds is 4. The molecule has 1 rings (SSSR count). The lowest BCUT2D eigenvalue weighted by molar-refractivity contribution is 0.0917. The van der Waals surface area contributed by atoms with E-state index in [0.717, 1.165) is 25.2 Å². The summed E-state index contributed by atoms with van der Waals surface area (Å²) >= 11 is 0. The Bertz CT molecular complexity index is 236. The van der Waals surface area contributed by atoms with Crippen LogP contribution in [0.3, 0.4) is 0 Å². The highest BCUT2D eigenvalue weighted by Gasteiger charge is 2.35. The summed E-state index contributed by atoms with van der Waals surface area (Å²) in [7, 11) is 4.10. The quantitative estimate of drug-likeness (QED) is 0.537. The lowest BCUT2D eigenvalue weighted by atomic mass is 9.91. The Morgan fingerprint density at radius 1 is 1.53 bits per heavy atom. The first kappa shape index (κ1) is 12.5. The van der Waals surface area contributed by atoms with E-state index >= 15 is 0 Å². The van der Waals surface area contributed by atoms with Crippen molar-refractivity contribution in [2.24, 2.45) is 5.84 Å². The predicted octanol–water partition coefficient (Wildman–Crippen LogP) is 0.853. The van der Waals surface area contributed by atoms with Crippen LogP contribution in [0.15, 0.2) is 11.8 Å². The number of nitrogens with zero attached hydrogens (tertiary/aromatic N) is 1. The fraction of sp³-hybridized carbons (Fsp3) is 0.818. The molecule has 0 radical (unpaired) electrons. The summed E-state index contributed by atoms with van der Waals surface area (Å²) in [6.07, 6.45) is 4.32. The zero-order chi connectivity index (χ0) is 11.5. The van der Waals surface area contributed by atoms with Crippen LogP contribution in [0, 0.1) is 0 Å². The van der Waals surface area contributed by atoms with Crippen molar-refractivity contribution < 1.29 is 4.74 Å². The predicted molar refractivity (Wildman–Crippen MR) is 62.1 cm³/mol. The monoisotopic (exact) mass is 213 g/mol. The molecule has 1 heterocycles. The van der Waals surface area contributed by atoms with E-state index in [-0.39, 0.29) is 11.6 Å². The van der Waals surface area contributed by atoms with Crippen LogP contribution < -0.4 is 11.3 Å². The van der Waals surface area contributed by atoms with Crippen LogP contribution in [-0.2, 0) is 4.74 Å². The summed E-state index contributed by atoms with van der Waals surface area (Å²) in [6.45, 7) is 5.10. The number of allylic oxidation sites excluding steroid dienone is 1. The Kier molecular flexibility index (Phi) is 4.13. The molecule has 4 nitrogen and oxygen atoms in total. The van der Waals surface area contributed by atoms with E-state index in [0.29, 0.717) is 0 Å². The fourth-order valence-corrected chi connectivity index (χ4v) is 1.67. The fourth-order valence-electron chi connectivity index (χ4n) is 1.67. The van der Waals surface area contributed by atoms with Gasteiger partial charge in [0.15, 0.2) is 0 Å². The highest BCUT2D eigenvalue weighted by atomic mass is 16.5. The molecular formula is C11H23N3O. The van der Waals surface area contributed by atoms with E-state index in [2.05, 4.69) is 30.2 Å². The molecule has 0 bridgehead atoms. The van der Waals surface area contributed by atoms with Crippen LogP contribution in [-0.4, -0.2) is 37.2 Å². The van der Waals surface area contributed by atoms with Crippen LogP contribution >= 0.6 is 0 Å². The number of ether oxygens (including phenoxy) is 1. The van der Waals surface area contributed by atoms with Crippen LogP contribution in [0.25, 0.3) is 0 Å². The van der Waals surface area contributed by atoms with Gasteiger partial charge in [-0.1, -0.05) is 0 Å². The van der Waals surface area contributed by atoms with Crippen LogP contribution in [0.2, 0.25) is 0 Å². The smallest absolute Gasteiger partial charge is 0.112 e. The van der Waals surface area contributed by atoms with E-state index in [1.807, 2.05) is 14.1 Å². The number of nitrogens with two attached hydrogens (primary N) is 1. The first-order valence-corrected chi connectivity index (χ1v) is 5.46. The Balaban J connectivity index is 2.82. The summed E-state index contributed by atoms with van der Waals surface area (Å²) in [4.78, 5) is 2.15. The van der Waals surface area contributed by atoms with Crippen molar-refractivity contribution in [3.05, 3.63) is 11.8 Å². The number of likely N-dealkylation sites (N-methyl/N-ethyl adjacent to an activating group) is 1. The molecule has 4 heteroatoms. The SMILES string of the molecule is CN(C)C(C)(C)C(NN)C1=CCCCO1. The zero-order valence-corrected chi connectivity index (χ0v) is 10.2. The van der Waals surface area contributed by atoms with Gasteiger partial charge in [-0.3, -0.25) is 5.84 Å². The lowest BCUT2D eigenvalue weighted by Gasteiger charge is -2.41. The maximum atomic E-state index is 5.66. The molecular weight excluding hydrogens is 190 g/mol. The van der Waals surface area contributed by atoms with Gasteiger partial charge in [-0.25, -0.2) is 5.43 Å². The Morgan fingerprint density at radius 3 is 2.60 bits per heavy atom. The molecule has 1 aliphatic rings. The van der Waals surface area contributed by atoms with E-state index in [9.17, 15) is 0 Å². The molecule has 15 heavy (non-hydrogen) atoms. The highest BCUT2D eigenvalue weighted by molar-refractivity contribution is 5.13. The van der Waals surface area contributed by atoms with Crippen molar-refractivity contribution in [3.8, 4) is 0 Å². The average Bonchev–Trinajstić information content (AvgIpc) is 2.19. The van der Waals surface area contributed by atoms with Gasteiger partial charge in [-0.2, -0.15) is 0 Å². The maximum Gasteiger partial charge on any atom is 0.112 e. The summed E-state index contributed by atoms with van der Waals surface area (Å²) < 4.78 is 5.66. The molecule has 1 aliphatic heterocycles. The van der Waals surface area contributed by atoms with Gasteiger partial charge in [-0.15, -0.1) is 0 Å². The van der Waals surface area contributed by atoms with Gasteiger partial charge >= 0.3 is 0 Å². The van der Waals surface area contributed by atoms with Crippen molar-refractivity contribution >= 4 is 0 Å². The van der Waals surface area contributed by atoms with Crippen LogP contribution in [0.4, 0.5) is 0 Å². The van der Waals surface area contributed by atoms with Gasteiger partial charge in [0.2, 0.25) is 0 Å². The normalized spacial score (nSPS) is 19.7. The average molecular weight is 213 g/mol.